The lowest BCUT2D eigenvalue weighted by Gasteiger charge is -2.25. The smallest absolute Gasteiger partial charge is 0.313 e. The summed E-state index contributed by atoms with van der Waals surface area (Å²) < 4.78 is 44.7. The van der Waals surface area contributed by atoms with E-state index in [1.165, 1.54) is 25.1 Å². The van der Waals surface area contributed by atoms with Gasteiger partial charge in [-0.05, 0) is 45.6 Å². The summed E-state index contributed by atoms with van der Waals surface area (Å²) in [4.78, 5) is 49.1. The summed E-state index contributed by atoms with van der Waals surface area (Å²) in [5.41, 5.74) is 2.96. The van der Waals surface area contributed by atoms with Crippen molar-refractivity contribution >= 4 is 113 Å². The topological polar surface area (TPSA) is 251 Å². The Bertz CT molecular complexity index is 2450. The Labute approximate surface area is 352 Å². The molecule has 0 spiro atoms. The number of aldehydes is 2. The minimum Gasteiger partial charge on any atom is -0.494 e. The van der Waals surface area contributed by atoms with Crippen molar-refractivity contribution < 1.29 is 32.0 Å². The SMILES string of the molecule is CCSc1nc(Nc2cc(N(CC)CC)c(OC)cc2N=Nc2ncc(C=O)s2)nc(Nc2cc(N(CC)CC)c(OC)cc2N=Nc2nc(S(=O)(=O)O)c(C=O)s2)n1. The number of azo groups is 2. The molecule has 0 amide bonds. The molecule has 5 rings (SSSR count). The number of carbonyl (C=O) groups excluding carboxylic acids is 2. The minimum absolute atomic E-state index is 0.126. The van der Waals surface area contributed by atoms with E-state index in [2.05, 4.69) is 60.8 Å². The fourth-order valence-corrected chi connectivity index (χ4v) is 8.22. The van der Waals surface area contributed by atoms with Crippen LogP contribution in [0.25, 0.3) is 0 Å². The molecule has 20 nitrogen and oxygen atoms in total. The van der Waals surface area contributed by atoms with E-state index < -0.39 is 15.1 Å². The molecule has 3 N–H and O–H groups in total. The monoisotopic (exact) mass is 883 g/mol. The Kier molecular flexibility index (Phi) is 15.3. The number of hydrogen-bond donors (Lipinski definition) is 3. The van der Waals surface area contributed by atoms with Gasteiger partial charge in [0.1, 0.15) is 27.8 Å². The standard InChI is InChI=1S/C35H41N13O7S4/c1-8-47(9-2)25-13-21(23(15-27(25)54-6)43-45-33-36-17-20(18-49)57-33)37-31-40-32(42-34(41-31)56-12-5)38-22-14-26(48(10-3)11-4)28(55-7)16-24(22)44-46-35-39-30(59(51,52)53)29(19-50)58-35/h13-19H,8-12H2,1-7H3,(H,51,52,53)(H2,37,38,40,41,42). The Morgan fingerprint density at radius 3 is 1.68 bits per heavy atom. The highest BCUT2D eigenvalue weighted by atomic mass is 32.2. The average Bonchev–Trinajstić information content (AvgIpc) is 3.88. The number of ether oxygens (including phenoxy) is 2. The van der Waals surface area contributed by atoms with Crippen molar-refractivity contribution in [2.24, 2.45) is 20.5 Å². The van der Waals surface area contributed by atoms with Crippen LogP contribution in [0.2, 0.25) is 0 Å². The van der Waals surface area contributed by atoms with Crippen LogP contribution in [0.4, 0.5) is 56.3 Å². The second-order valence-corrected chi connectivity index (χ2v) is 16.3. The maximum absolute atomic E-state index is 11.8. The Morgan fingerprint density at radius 1 is 0.746 bits per heavy atom. The number of methoxy groups -OCH3 is 2. The van der Waals surface area contributed by atoms with Crippen molar-refractivity contribution in [2.45, 2.75) is 44.8 Å². The number of thioether (sulfide) groups is 1. The predicted octanol–water partition coefficient (Wildman–Crippen LogP) is 8.80. The molecule has 0 aliphatic carbocycles. The molecule has 59 heavy (non-hydrogen) atoms. The van der Waals surface area contributed by atoms with Crippen molar-refractivity contribution in [2.75, 3.05) is 66.6 Å². The van der Waals surface area contributed by atoms with E-state index in [0.717, 1.165) is 22.7 Å². The molecule has 0 aliphatic heterocycles. The quantitative estimate of drug-likeness (QED) is 0.0269. The van der Waals surface area contributed by atoms with E-state index in [-0.39, 0.29) is 39.0 Å². The van der Waals surface area contributed by atoms with Gasteiger partial charge in [0, 0.05) is 38.3 Å². The van der Waals surface area contributed by atoms with Crippen LogP contribution in [-0.4, -0.2) is 96.6 Å². The lowest BCUT2D eigenvalue weighted by Crippen LogP contribution is -2.22. The Morgan fingerprint density at radius 2 is 1.27 bits per heavy atom. The van der Waals surface area contributed by atoms with Crippen LogP contribution in [0.15, 0.2) is 61.1 Å². The molecule has 3 aromatic heterocycles. The summed E-state index contributed by atoms with van der Waals surface area (Å²) in [6.07, 6.45) is 2.38. The molecule has 0 unspecified atom stereocenters. The predicted molar refractivity (Wildman–Crippen MR) is 229 cm³/mol. The summed E-state index contributed by atoms with van der Waals surface area (Å²) in [5, 5.41) is 23.4. The van der Waals surface area contributed by atoms with Gasteiger partial charge in [0.2, 0.25) is 27.2 Å². The number of benzene rings is 2. The fraction of sp³-hybridized carbons (Fsp3) is 0.343. The summed E-state index contributed by atoms with van der Waals surface area (Å²) in [5.74, 6) is 1.95. The van der Waals surface area contributed by atoms with Gasteiger partial charge in [-0.2, -0.15) is 23.4 Å². The van der Waals surface area contributed by atoms with Gasteiger partial charge in [-0.3, -0.25) is 14.1 Å². The van der Waals surface area contributed by atoms with Crippen LogP contribution < -0.4 is 29.9 Å². The molecule has 0 atom stereocenters. The summed E-state index contributed by atoms with van der Waals surface area (Å²) >= 11 is 3.11. The molecule has 0 fully saturated rings. The molecule has 5 aromatic rings. The first-order chi connectivity index (χ1) is 28.4. The number of hydrogen-bond acceptors (Lipinski definition) is 22. The first-order valence-corrected chi connectivity index (χ1v) is 22.0. The molecule has 0 saturated carbocycles. The first-order valence-electron chi connectivity index (χ1n) is 18.0. The molecule has 0 saturated heterocycles. The molecule has 0 bridgehead atoms. The highest BCUT2D eigenvalue weighted by Crippen LogP contribution is 2.43. The van der Waals surface area contributed by atoms with E-state index in [1.54, 1.807) is 25.3 Å². The normalized spacial score (nSPS) is 11.6. The average molecular weight is 884 g/mol. The van der Waals surface area contributed by atoms with Crippen LogP contribution in [0.5, 0.6) is 11.5 Å². The van der Waals surface area contributed by atoms with Crippen molar-refractivity contribution in [3.63, 3.8) is 0 Å². The summed E-state index contributed by atoms with van der Waals surface area (Å²) in [6, 6.07) is 7.02. The summed E-state index contributed by atoms with van der Waals surface area (Å²) in [7, 11) is -1.71. The lowest BCUT2D eigenvalue weighted by atomic mass is 10.2. The van der Waals surface area contributed by atoms with E-state index in [9.17, 15) is 22.6 Å². The van der Waals surface area contributed by atoms with Crippen molar-refractivity contribution in [1.29, 1.82) is 0 Å². The number of carbonyl (C=O) groups is 2. The van der Waals surface area contributed by atoms with Gasteiger partial charge in [0.15, 0.2) is 17.7 Å². The molecule has 24 heteroatoms. The number of anilines is 6. The largest absolute Gasteiger partial charge is 0.494 e. The number of thiazole rings is 2. The minimum atomic E-state index is -4.79. The van der Waals surface area contributed by atoms with Gasteiger partial charge in [0.25, 0.3) is 0 Å². The van der Waals surface area contributed by atoms with Gasteiger partial charge in [-0.1, -0.05) is 41.4 Å². The number of aromatic nitrogens is 5. The van der Waals surface area contributed by atoms with Gasteiger partial charge in [-0.15, -0.1) is 20.5 Å². The van der Waals surface area contributed by atoms with Crippen LogP contribution >= 0.6 is 34.4 Å². The zero-order valence-corrected chi connectivity index (χ0v) is 36.3. The number of nitrogens with zero attached hydrogens (tertiary/aromatic N) is 11. The molecular weight excluding hydrogens is 843 g/mol. The van der Waals surface area contributed by atoms with Crippen molar-refractivity contribution in [1.82, 2.24) is 24.9 Å². The van der Waals surface area contributed by atoms with E-state index in [0.29, 0.717) is 88.1 Å². The number of nitrogens with one attached hydrogen (secondary N) is 2. The van der Waals surface area contributed by atoms with E-state index in [4.69, 9.17) is 14.5 Å². The highest BCUT2D eigenvalue weighted by Gasteiger charge is 2.23. The van der Waals surface area contributed by atoms with Crippen LogP contribution in [-0.2, 0) is 10.1 Å². The van der Waals surface area contributed by atoms with E-state index >= 15 is 0 Å². The Balaban J connectivity index is 1.63. The van der Waals surface area contributed by atoms with Crippen molar-refractivity contribution in [3.8, 4) is 11.5 Å². The third-order valence-corrected chi connectivity index (χ3v) is 11.6. The second kappa shape index (κ2) is 20.3. The van der Waals surface area contributed by atoms with Gasteiger partial charge >= 0.3 is 10.1 Å². The zero-order valence-electron chi connectivity index (χ0n) is 33.0. The van der Waals surface area contributed by atoms with Gasteiger partial charge in [-0.25, -0.2) is 9.97 Å². The van der Waals surface area contributed by atoms with Crippen molar-refractivity contribution in [3.05, 3.63) is 40.2 Å². The molecule has 312 valence electrons. The van der Waals surface area contributed by atoms with Crippen LogP contribution in [0.3, 0.4) is 0 Å². The van der Waals surface area contributed by atoms with Crippen LogP contribution in [0, 0.1) is 0 Å². The molecule has 3 heterocycles. The summed E-state index contributed by atoms with van der Waals surface area (Å²) in [6.45, 7) is 12.7. The van der Waals surface area contributed by atoms with E-state index in [1.807, 2.05) is 40.7 Å². The Hall–Kier alpha value is -5.69. The van der Waals surface area contributed by atoms with Gasteiger partial charge in [0.05, 0.1) is 48.0 Å². The van der Waals surface area contributed by atoms with Gasteiger partial charge < -0.3 is 29.9 Å². The maximum Gasteiger partial charge on any atom is 0.313 e. The van der Waals surface area contributed by atoms with Crippen LogP contribution in [0.1, 0.15) is 54.0 Å². The fourth-order valence-electron chi connectivity index (χ4n) is 5.51. The highest BCUT2D eigenvalue weighted by molar-refractivity contribution is 7.99. The second-order valence-electron chi connectivity index (χ2n) is 11.7. The maximum atomic E-state index is 11.8. The molecule has 0 radical (unpaired) electrons. The molecule has 2 aromatic carbocycles. The first kappa shape index (κ1) is 44.4. The molecule has 0 aliphatic rings. The molecular formula is C35H41N13O7S4. The third kappa shape index (κ3) is 10.9. The number of rotatable bonds is 21. The zero-order chi connectivity index (χ0) is 42.7. The third-order valence-electron chi connectivity index (χ3n) is 8.26. The lowest BCUT2D eigenvalue weighted by molar-refractivity contribution is 0.111.